The quantitative estimate of drug-likeness (QED) is 0.353. The third-order valence-corrected chi connectivity index (χ3v) is 7.24. The number of hydrogen-bond donors (Lipinski definition) is 3. The molecule has 36 heavy (non-hydrogen) atoms. The van der Waals surface area contributed by atoms with E-state index in [1.807, 2.05) is 58.0 Å². The fourth-order valence-corrected chi connectivity index (χ4v) is 5.23. The first-order valence-corrected chi connectivity index (χ1v) is 13.8. The van der Waals surface area contributed by atoms with Crippen LogP contribution in [0.3, 0.4) is 0 Å². The van der Waals surface area contributed by atoms with E-state index in [2.05, 4.69) is 10.3 Å². The standard InChI is InChI=1S/C25H28N2O6S2.Na/c1-5-26-22-11-7-18(13-16(22)3)25(19-8-12-23(27-6-2)17(4)14-19)21-10-9-20(34(28,29)30)15-24(21)35(31,32)33;/h7-15,26H,5-6H2,1-4H3,(H,28,29,30)(H,31,32,33);/b25-19-,27-23?;. The minimum Gasteiger partial charge on any atom is -0.385 e. The first-order valence-electron chi connectivity index (χ1n) is 11.0. The molecule has 0 aromatic heterocycles. The fourth-order valence-electron chi connectivity index (χ4n) is 3.93. The number of rotatable bonds is 7. The summed E-state index contributed by atoms with van der Waals surface area (Å²) in [5.74, 6) is 0. The van der Waals surface area contributed by atoms with Crippen LogP contribution < -0.4 is 5.32 Å². The van der Waals surface area contributed by atoms with E-state index in [1.165, 1.54) is 6.07 Å². The third kappa shape index (κ3) is 6.83. The Morgan fingerprint density at radius 3 is 2.17 bits per heavy atom. The first-order chi connectivity index (χ1) is 16.4. The summed E-state index contributed by atoms with van der Waals surface area (Å²) in [6, 6.07) is 8.72. The summed E-state index contributed by atoms with van der Waals surface area (Å²) in [6.07, 6.45) is 5.49. The Kier molecular flexibility index (Phi) is 10.1. The average molecular weight is 540 g/mol. The minimum atomic E-state index is -4.86. The molecule has 3 rings (SSSR count). The average Bonchev–Trinajstić information content (AvgIpc) is 2.76. The van der Waals surface area contributed by atoms with Crippen LogP contribution in [0, 0.1) is 6.92 Å². The van der Waals surface area contributed by atoms with Crippen LogP contribution in [0.25, 0.3) is 5.57 Å². The summed E-state index contributed by atoms with van der Waals surface area (Å²) in [5.41, 5.74) is 5.37. The van der Waals surface area contributed by atoms with Crippen molar-refractivity contribution >= 4 is 66.8 Å². The number of allylic oxidation sites excluding steroid dienone is 5. The van der Waals surface area contributed by atoms with Crippen LogP contribution in [0.4, 0.5) is 5.69 Å². The van der Waals surface area contributed by atoms with Gasteiger partial charge >= 0.3 is 0 Å². The zero-order valence-electron chi connectivity index (χ0n) is 20.9. The molecule has 1 radical (unpaired) electrons. The Morgan fingerprint density at radius 1 is 0.944 bits per heavy atom. The molecule has 2 aromatic rings. The topological polar surface area (TPSA) is 133 Å². The molecule has 0 amide bonds. The van der Waals surface area contributed by atoms with Crippen molar-refractivity contribution in [2.75, 3.05) is 18.4 Å². The van der Waals surface area contributed by atoms with Gasteiger partial charge in [-0.15, -0.1) is 0 Å². The predicted molar refractivity (Wildman–Crippen MR) is 144 cm³/mol. The molecule has 187 valence electrons. The van der Waals surface area contributed by atoms with Crippen LogP contribution in [-0.4, -0.2) is 74.3 Å². The number of anilines is 1. The molecular formula is C25H28N2NaO6S2. The van der Waals surface area contributed by atoms with Crippen molar-refractivity contribution in [1.82, 2.24) is 0 Å². The predicted octanol–water partition coefficient (Wildman–Crippen LogP) is 4.32. The van der Waals surface area contributed by atoms with E-state index in [-0.39, 0.29) is 35.1 Å². The van der Waals surface area contributed by atoms with Gasteiger partial charge in [0.25, 0.3) is 20.2 Å². The molecule has 0 heterocycles. The largest absolute Gasteiger partial charge is 0.385 e. The van der Waals surface area contributed by atoms with Gasteiger partial charge in [-0.1, -0.05) is 18.2 Å². The molecular weight excluding hydrogens is 511 g/mol. The van der Waals surface area contributed by atoms with Gasteiger partial charge < -0.3 is 5.32 Å². The molecule has 0 spiro atoms. The third-order valence-electron chi connectivity index (χ3n) is 5.49. The molecule has 1 aliphatic rings. The number of hydrogen-bond acceptors (Lipinski definition) is 6. The molecule has 1 aliphatic carbocycles. The summed E-state index contributed by atoms with van der Waals surface area (Å²) in [5, 5.41) is 3.26. The Labute approximate surface area is 234 Å². The van der Waals surface area contributed by atoms with Gasteiger partial charge in [0.15, 0.2) is 0 Å². The van der Waals surface area contributed by atoms with Crippen LogP contribution in [0.5, 0.6) is 0 Å². The second-order valence-corrected chi connectivity index (χ2v) is 10.8. The number of aliphatic imine (C=N–C) groups is 1. The minimum absolute atomic E-state index is 0. The van der Waals surface area contributed by atoms with E-state index in [0.29, 0.717) is 23.3 Å². The summed E-state index contributed by atoms with van der Waals surface area (Å²) in [6.45, 7) is 9.04. The van der Waals surface area contributed by atoms with Gasteiger partial charge in [-0.3, -0.25) is 14.1 Å². The number of nitrogens with zero attached hydrogens (tertiary/aromatic N) is 1. The summed E-state index contributed by atoms with van der Waals surface area (Å²) >= 11 is 0. The Balaban J connectivity index is 0.00000456. The molecule has 0 saturated heterocycles. The van der Waals surface area contributed by atoms with Gasteiger partial charge in [0, 0.05) is 53.9 Å². The van der Waals surface area contributed by atoms with Crippen molar-refractivity contribution in [2.45, 2.75) is 37.5 Å². The zero-order valence-corrected chi connectivity index (χ0v) is 24.5. The van der Waals surface area contributed by atoms with Crippen LogP contribution in [0.1, 0.15) is 37.5 Å². The molecule has 0 unspecified atom stereocenters. The van der Waals surface area contributed by atoms with Crippen molar-refractivity contribution in [3.63, 3.8) is 0 Å². The van der Waals surface area contributed by atoms with Crippen molar-refractivity contribution in [1.29, 1.82) is 0 Å². The Bertz CT molecular complexity index is 1500. The van der Waals surface area contributed by atoms with Gasteiger partial charge in [-0.25, -0.2) is 0 Å². The molecule has 11 heteroatoms. The SMILES string of the molecule is CCN=C1C=C/C(=C(\c2ccc(NCC)c(C)c2)c2ccc(S(=O)(=O)O)cc2S(=O)(=O)O)C=C1C.[Na]. The molecule has 0 aliphatic heterocycles. The summed E-state index contributed by atoms with van der Waals surface area (Å²) in [4.78, 5) is 3.18. The van der Waals surface area contributed by atoms with Crippen molar-refractivity contribution < 1.29 is 25.9 Å². The maximum Gasteiger partial charge on any atom is 0.295 e. The van der Waals surface area contributed by atoms with Gasteiger partial charge in [0.05, 0.1) is 10.6 Å². The van der Waals surface area contributed by atoms with E-state index in [9.17, 15) is 25.9 Å². The van der Waals surface area contributed by atoms with Gasteiger partial charge in [0.1, 0.15) is 4.90 Å². The summed E-state index contributed by atoms with van der Waals surface area (Å²) in [7, 11) is -9.56. The van der Waals surface area contributed by atoms with E-state index in [0.717, 1.165) is 41.2 Å². The van der Waals surface area contributed by atoms with E-state index < -0.39 is 30.0 Å². The Morgan fingerprint density at radius 2 is 1.64 bits per heavy atom. The van der Waals surface area contributed by atoms with Crippen LogP contribution in [0.15, 0.2) is 80.6 Å². The maximum absolute atomic E-state index is 12.4. The molecule has 8 nitrogen and oxygen atoms in total. The van der Waals surface area contributed by atoms with E-state index in [4.69, 9.17) is 0 Å². The molecule has 0 atom stereocenters. The molecule has 0 saturated carbocycles. The zero-order chi connectivity index (χ0) is 26.0. The fraction of sp³-hybridized carbons (Fsp3) is 0.240. The van der Waals surface area contributed by atoms with Gasteiger partial charge in [0.2, 0.25) is 0 Å². The number of nitrogens with one attached hydrogen (secondary N) is 1. The second kappa shape index (κ2) is 12.0. The van der Waals surface area contributed by atoms with E-state index >= 15 is 0 Å². The number of aryl methyl sites for hydroxylation is 1. The van der Waals surface area contributed by atoms with Gasteiger partial charge in [-0.05, 0) is 92.0 Å². The molecule has 3 N–H and O–H groups in total. The van der Waals surface area contributed by atoms with Crippen molar-refractivity contribution in [3.8, 4) is 0 Å². The Hall–Kier alpha value is -2.05. The van der Waals surface area contributed by atoms with Crippen molar-refractivity contribution in [2.24, 2.45) is 4.99 Å². The second-order valence-electron chi connectivity index (χ2n) is 8.02. The first kappa shape index (κ1) is 30.2. The summed E-state index contributed by atoms with van der Waals surface area (Å²) < 4.78 is 67.5. The number of benzene rings is 2. The molecule has 0 fully saturated rings. The van der Waals surface area contributed by atoms with Crippen LogP contribution >= 0.6 is 0 Å². The van der Waals surface area contributed by atoms with E-state index in [1.54, 1.807) is 6.08 Å². The smallest absolute Gasteiger partial charge is 0.295 e. The van der Waals surface area contributed by atoms with Gasteiger partial charge in [-0.2, -0.15) is 16.8 Å². The maximum atomic E-state index is 12.4. The molecule has 0 bridgehead atoms. The molecule has 2 aromatic carbocycles. The van der Waals surface area contributed by atoms with Crippen LogP contribution in [-0.2, 0) is 20.2 Å². The normalized spacial score (nSPS) is 16.4. The van der Waals surface area contributed by atoms with Crippen molar-refractivity contribution in [3.05, 3.63) is 82.5 Å². The monoisotopic (exact) mass is 539 g/mol. The van der Waals surface area contributed by atoms with Crippen LogP contribution in [0.2, 0.25) is 0 Å².